The lowest BCUT2D eigenvalue weighted by Gasteiger charge is -2.22. The van der Waals surface area contributed by atoms with Crippen LogP contribution in [0.1, 0.15) is 13.3 Å². The Labute approximate surface area is 70.5 Å². The maximum absolute atomic E-state index is 12.1. The van der Waals surface area contributed by atoms with Crippen LogP contribution in [0, 0.1) is 0 Å². The zero-order chi connectivity index (χ0) is 9.78. The molecule has 0 rings (SSSR count). The maximum atomic E-state index is 12.1. The lowest BCUT2D eigenvalue weighted by atomic mass is 10.1. The SMILES string of the molecule is CNC(C)CC(NC)C(F)(F)F. The first-order valence-electron chi connectivity index (χ1n) is 3.83. The summed E-state index contributed by atoms with van der Waals surface area (Å²) in [5.41, 5.74) is 0. The van der Waals surface area contributed by atoms with E-state index in [2.05, 4.69) is 10.6 Å². The van der Waals surface area contributed by atoms with Gasteiger partial charge in [-0.15, -0.1) is 0 Å². The van der Waals surface area contributed by atoms with E-state index in [1.54, 1.807) is 14.0 Å². The van der Waals surface area contributed by atoms with Gasteiger partial charge in [0.2, 0.25) is 0 Å². The average molecular weight is 184 g/mol. The van der Waals surface area contributed by atoms with Crippen molar-refractivity contribution in [3.05, 3.63) is 0 Å². The van der Waals surface area contributed by atoms with Crippen LogP contribution < -0.4 is 10.6 Å². The van der Waals surface area contributed by atoms with Gasteiger partial charge in [0.1, 0.15) is 6.04 Å². The Kier molecular flexibility index (Phi) is 4.55. The summed E-state index contributed by atoms with van der Waals surface area (Å²) in [4.78, 5) is 0. The lowest BCUT2D eigenvalue weighted by molar-refractivity contribution is -0.157. The first-order chi connectivity index (χ1) is 5.41. The molecule has 0 aliphatic heterocycles. The van der Waals surface area contributed by atoms with E-state index in [-0.39, 0.29) is 12.5 Å². The van der Waals surface area contributed by atoms with Gasteiger partial charge < -0.3 is 10.6 Å². The number of rotatable bonds is 4. The summed E-state index contributed by atoms with van der Waals surface area (Å²) in [6.45, 7) is 1.72. The van der Waals surface area contributed by atoms with Crippen LogP contribution in [0.15, 0.2) is 0 Å². The molecular weight excluding hydrogens is 169 g/mol. The van der Waals surface area contributed by atoms with Crippen molar-refractivity contribution in [3.8, 4) is 0 Å². The quantitative estimate of drug-likeness (QED) is 0.684. The summed E-state index contributed by atoms with van der Waals surface area (Å²) in [5.74, 6) is 0. The van der Waals surface area contributed by atoms with Crippen molar-refractivity contribution in [2.45, 2.75) is 31.6 Å². The summed E-state index contributed by atoms with van der Waals surface area (Å²) in [5, 5.41) is 5.00. The van der Waals surface area contributed by atoms with E-state index in [9.17, 15) is 13.2 Å². The topological polar surface area (TPSA) is 24.1 Å². The molecular formula is C7H15F3N2. The monoisotopic (exact) mass is 184 g/mol. The van der Waals surface area contributed by atoms with Gasteiger partial charge in [-0.3, -0.25) is 0 Å². The van der Waals surface area contributed by atoms with Gasteiger partial charge in [0.05, 0.1) is 0 Å². The molecule has 5 heteroatoms. The predicted molar refractivity (Wildman–Crippen MR) is 42.0 cm³/mol. The molecule has 0 amide bonds. The van der Waals surface area contributed by atoms with Crippen LogP contribution in [0.2, 0.25) is 0 Å². The van der Waals surface area contributed by atoms with Crippen LogP contribution in [-0.4, -0.2) is 32.4 Å². The standard InChI is InChI=1S/C7H15F3N2/c1-5(11-2)4-6(12-3)7(8,9)10/h5-6,11-12H,4H2,1-3H3. The van der Waals surface area contributed by atoms with Crippen LogP contribution >= 0.6 is 0 Å². The van der Waals surface area contributed by atoms with E-state index in [0.29, 0.717) is 0 Å². The van der Waals surface area contributed by atoms with Crippen molar-refractivity contribution in [1.82, 2.24) is 10.6 Å². The Morgan fingerprint density at radius 2 is 1.67 bits per heavy atom. The van der Waals surface area contributed by atoms with Crippen LogP contribution in [0.25, 0.3) is 0 Å². The fraction of sp³-hybridized carbons (Fsp3) is 1.00. The Balaban J connectivity index is 4.00. The van der Waals surface area contributed by atoms with E-state index in [1.165, 1.54) is 7.05 Å². The molecule has 0 aliphatic carbocycles. The molecule has 0 aromatic rings. The maximum Gasteiger partial charge on any atom is 0.403 e. The number of hydrogen-bond donors (Lipinski definition) is 2. The lowest BCUT2D eigenvalue weighted by Crippen LogP contribution is -2.44. The fourth-order valence-electron chi connectivity index (χ4n) is 0.887. The van der Waals surface area contributed by atoms with Gasteiger partial charge in [-0.05, 0) is 27.4 Å². The van der Waals surface area contributed by atoms with Crippen LogP contribution in [0.5, 0.6) is 0 Å². The molecule has 0 spiro atoms. The van der Waals surface area contributed by atoms with Crippen molar-refractivity contribution in [3.63, 3.8) is 0 Å². The molecule has 0 aliphatic rings. The molecule has 2 nitrogen and oxygen atoms in total. The van der Waals surface area contributed by atoms with E-state index < -0.39 is 12.2 Å². The molecule has 0 heterocycles. The average Bonchev–Trinajstić information content (AvgIpc) is 1.97. The predicted octanol–water partition coefficient (Wildman–Crippen LogP) is 1.13. The van der Waals surface area contributed by atoms with Crippen LogP contribution in [0.4, 0.5) is 13.2 Å². The molecule has 2 unspecified atom stereocenters. The fourth-order valence-corrected chi connectivity index (χ4v) is 0.887. The highest BCUT2D eigenvalue weighted by Crippen LogP contribution is 2.22. The van der Waals surface area contributed by atoms with Crippen molar-refractivity contribution < 1.29 is 13.2 Å². The summed E-state index contributed by atoms with van der Waals surface area (Å²) >= 11 is 0. The summed E-state index contributed by atoms with van der Waals surface area (Å²) in [7, 11) is 2.97. The summed E-state index contributed by atoms with van der Waals surface area (Å²) < 4.78 is 36.4. The smallest absolute Gasteiger partial charge is 0.317 e. The number of nitrogens with one attached hydrogen (secondary N) is 2. The molecule has 0 fully saturated rings. The first-order valence-corrected chi connectivity index (χ1v) is 3.83. The molecule has 12 heavy (non-hydrogen) atoms. The van der Waals surface area contributed by atoms with Gasteiger partial charge >= 0.3 is 6.18 Å². The minimum Gasteiger partial charge on any atom is -0.317 e. The van der Waals surface area contributed by atoms with Crippen molar-refractivity contribution >= 4 is 0 Å². The molecule has 0 saturated heterocycles. The molecule has 0 saturated carbocycles. The van der Waals surface area contributed by atoms with E-state index in [0.717, 1.165) is 0 Å². The van der Waals surface area contributed by atoms with E-state index >= 15 is 0 Å². The normalized spacial score (nSPS) is 17.5. The number of halogens is 3. The number of hydrogen-bond acceptors (Lipinski definition) is 2. The second kappa shape index (κ2) is 4.67. The third-order valence-corrected chi connectivity index (χ3v) is 1.83. The van der Waals surface area contributed by atoms with Crippen LogP contribution in [0.3, 0.4) is 0 Å². The third-order valence-electron chi connectivity index (χ3n) is 1.83. The highest BCUT2D eigenvalue weighted by Gasteiger charge is 2.38. The second-order valence-corrected chi connectivity index (χ2v) is 2.81. The molecule has 0 aromatic carbocycles. The summed E-state index contributed by atoms with van der Waals surface area (Å²) in [6.07, 6.45) is -4.10. The molecule has 0 radical (unpaired) electrons. The molecule has 0 bridgehead atoms. The molecule has 74 valence electrons. The minimum absolute atomic E-state index is 0.0521. The Hall–Kier alpha value is -0.290. The largest absolute Gasteiger partial charge is 0.403 e. The van der Waals surface area contributed by atoms with Gasteiger partial charge in [-0.25, -0.2) is 0 Å². The van der Waals surface area contributed by atoms with Crippen molar-refractivity contribution in [2.24, 2.45) is 0 Å². The van der Waals surface area contributed by atoms with Crippen LogP contribution in [-0.2, 0) is 0 Å². The molecule has 0 aromatic heterocycles. The van der Waals surface area contributed by atoms with Crippen molar-refractivity contribution in [1.29, 1.82) is 0 Å². The zero-order valence-electron chi connectivity index (χ0n) is 7.50. The zero-order valence-corrected chi connectivity index (χ0v) is 7.50. The molecule has 2 atom stereocenters. The highest BCUT2D eigenvalue weighted by atomic mass is 19.4. The molecule has 2 N–H and O–H groups in total. The Bertz CT molecular complexity index is 124. The van der Waals surface area contributed by atoms with Gasteiger partial charge in [0.25, 0.3) is 0 Å². The second-order valence-electron chi connectivity index (χ2n) is 2.81. The van der Waals surface area contributed by atoms with Gasteiger partial charge in [-0.1, -0.05) is 0 Å². The highest BCUT2D eigenvalue weighted by molar-refractivity contribution is 4.77. The van der Waals surface area contributed by atoms with Gasteiger partial charge in [0.15, 0.2) is 0 Å². The van der Waals surface area contributed by atoms with E-state index in [1.807, 2.05) is 0 Å². The summed E-state index contributed by atoms with van der Waals surface area (Å²) in [6, 6.07) is -1.55. The van der Waals surface area contributed by atoms with Gasteiger partial charge in [-0.2, -0.15) is 13.2 Å². The van der Waals surface area contributed by atoms with Gasteiger partial charge in [0, 0.05) is 6.04 Å². The Morgan fingerprint density at radius 3 is 1.92 bits per heavy atom. The third kappa shape index (κ3) is 3.92. The van der Waals surface area contributed by atoms with E-state index in [4.69, 9.17) is 0 Å². The number of alkyl halides is 3. The Morgan fingerprint density at radius 1 is 1.17 bits per heavy atom. The van der Waals surface area contributed by atoms with Crippen molar-refractivity contribution in [2.75, 3.05) is 14.1 Å². The first kappa shape index (κ1) is 11.7. The minimum atomic E-state index is -4.15.